The van der Waals surface area contributed by atoms with Gasteiger partial charge in [-0.2, -0.15) is 13.2 Å². The molecule has 0 radical (unpaired) electrons. The normalized spacial score (nSPS) is 14.1. The summed E-state index contributed by atoms with van der Waals surface area (Å²) in [6.07, 6.45) is -1.38. The van der Waals surface area contributed by atoms with Crippen molar-refractivity contribution < 1.29 is 27.8 Å². The highest BCUT2D eigenvalue weighted by Gasteiger charge is 2.38. The lowest BCUT2D eigenvalue weighted by Gasteiger charge is -2.19. The number of rotatable bonds is 5. The standard InChI is InChI=1S/C9H16N2OS.C2HF3O2/c1-3-8(12-2)7(10)6-9-11-4-5-13-9;3-2(4,5)1(6)7/h4-5,7-8H,3,6,10H2,1-2H3;(H,6,7)/t7-,8-;/m1./s1. The Labute approximate surface area is 118 Å². The van der Waals surface area contributed by atoms with Gasteiger partial charge in [-0.05, 0) is 6.42 Å². The molecule has 0 saturated carbocycles. The van der Waals surface area contributed by atoms with Crippen LogP contribution < -0.4 is 5.73 Å². The summed E-state index contributed by atoms with van der Waals surface area (Å²) in [5.41, 5.74) is 5.97. The second-order valence-corrected chi connectivity index (χ2v) is 4.76. The van der Waals surface area contributed by atoms with Crippen LogP contribution >= 0.6 is 11.3 Å². The van der Waals surface area contributed by atoms with Gasteiger partial charge in [0, 0.05) is 31.1 Å². The Balaban J connectivity index is 0.000000441. The van der Waals surface area contributed by atoms with Crippen molar-refractivity contribution in [2.75, 3.05) is 7.11 Å². The summed E-state index contributed by atoms with van der Waals surface area (Å²) in [5, 5.41) is 10.2. The molecule has 1 heterocycles. The van der Waals surface area contributed by atoms with E-state index in [1.807, 2.05) is 5.38 Å². The molecule has 1 rings (SSSR count). The second kappa shape index (κ2) is 8.88. The fraction of sp³-hybridized carbons (Fsp3) is 0.636. The lowest BCUT2D eigenvalue weighted by Crippen LogP contribution is -2.37. The largest absolute Gasteiger partial charge is 0.490 e. The van der Waals surface area contributed by atoms with Crippen molar-refractivity contribution in [3.05, 3.63) is 16.6 Å². The van der Waals surface area contributed by atoms with Crippen LogP contribution in [0.1, 0.15) is 18.4 Å². The van der Waals surface area contributed by atoms with Gasteiger partial charge in [-0.15, -0.1) is 11.3 Å². The van der Waals surface area contributed by atoms with E-state index in [0.29, 0.717) is 0 Å². The van der Waals surface area contributed by atoms with Gasteiger partial charge in [0.1, 0.15) is 0 Å². The minimum Gasteiger partial charge on any atom is -0.475 e. The fourth-order valence-corrected chi connectivity index (χ4v) is 2.02. The van der Waals surface area contributed by atoms with Crippen LogP contribution in [0.2, 0.25) is 0 Å². The topological polar surface area (TPSA) is 85.4 Å². The van der Waals surface area contributed by atoms with E-state index < -0.39 is 12.1 Å². The molecule has 0 fully saturated rings. The molecule has 0 aliphatic rings. The molecular formula is C11H17F3N2O3S. The highest BCUT2D eigenvalue weighted by molar-refractivity contribution is 7.09. The molecule has 20 heavy (non-hydrogen) atoms. The fourth-order valence-electron chi connectivity index (χ4n) is 1.33. The predicted octanol–water partition coefficient (Wildman–Crippen LogP) is 2.07. The summed E-state index contributed by atoms with van der Waals surface area (Å²) in [6, 6.07) is 0.0566. The molecule has 1 aromatic heterocycles. The van der Waals surface area contributed by atoms with Crippen LogP contribution in [-0.2, 0) is 16.0 Å². The number of hydrogen-bond acceptors (Lipinski definition) is 5. The Bertz CT molecular complexity index is 381. The van der Waals surface area contributed by atoms with Crippen LogP contribution in [0.4, 0.5) is 13.2 Å². The number of ether oxygens (including phenoxy) is 1. The van der Waals surface area contributed by atoms with Gasteiger partial charge in [0.05, 0.1) is 11.1 Å². The lowest BCUT2D eigenvalue weighted by atomic mass is 10.1. The third-order valence-electron chi connectivity index (χ3n) is 2.32. The zero-order valence-electron chi connectivity index (χ0n) is 11.1. The summed E-state index contributed by atoms with van der Waals surface area (Å²) in [5.74, 6) is -2.76. The number of alkyl halides is 3. The van der Waals surface area contributed by atoms with E-state index >= 15 is 0 Å². The van der Waals surface area contributed by atoms with E-state index in [1.165, 1.54) is 0 Å². The molecule has 0 aromatic carbocycles. The van der Waals surface area contributed by atoms with Gasteiger partial charge in [0.2, 0.25) is 0 Å². The first-order valence-electron chi connectivity index (χ1n) is 5.69. The molecule has 0 aliphatic carbocycles. The molecule has 5 nitrogen and oxygen atoms in total. The van der Waals surface area contributed by atoms with Gasteiger partial charge in [-0.3, -0.25) is 0 Å². The maximum atomic E-state index is 10.6. The van der Waals surface area contributed by atoms with E-state index in [4.69, 9.17) is 20.4 Å². The maximum Gasteiger partial charge on any atom is 0.490 e. The van der Waals surface area contributed by atoms with Crippen molar-refractivity contribution in [3.8, 4) is 0 Å². The Kier molecular flexibility index (Phi) is 8.35. The Morgan fingerprint density at radius 3 is 2.45 bits per heavy atom. The van der Waals surface area contributed by atoms with Crippen molar-refractivity contribution in [1.82, 2.24) is 4.98 Å². The number of methoxy groups -OCH3 is 1. The molecular weight excluding hydrogens is 297 g/mol. The number of hydrogen-bond donors (Lipinski definition) is 2. The first kappa shape index (κ1) is 18.8. The van der Waals surface area contributed by atoms with Crippen molar-refractivity contribution >= 4 is 17.3 Å². The van der Waals surface area contributed by atoms with Crippen LogP contribution in [0, 0.1) is 0 Å². The first-order chi connectivity index (χ1) is 9.22. The minimum absolute atomic E-state index is 0.0566. The third kappa shape index (κ3) is 7.41. The van der Waals surface area contributed by atoms with Crippen LogP contribution in [0.15, 0.2) is 11.6 Å². The quantitative estimate of drug-likeness (QED) is 0.869. The number of thiazole rings is 1. The zero-order chi connectivity index (χ0) is 15.8. The molecule has 9 heteroatoms. The highest BCUT2D eigenvalue weighted by atomic mass is 32.1. The molecule has 3 N–H and O–H groups in total. The summed E-state index contributed by atoms with van der Waals surface area (Å²) in [4.78, 5) is 13.1. The summed E-state index contributed by atoms with van der Waals surface area (Å²) in [6.45, 7) is 2.08. The Morgan fingerprint density at radius 2 is 2.15 bits per heavy atom. The summed E-state index contributed by atoms with van der Waals surface area (Å²) >= 11 is 1.64. The average molecular weight is 314 g/mol. The second-order valence-electron chi connectivity index (χ2n) is 3.78. The highest BCUT2D eigenvalue weighted by Crippen LogP contribution is 2.13. The number of aliphatic carboxylic acids is 1. The molecule has 0 saturated heterocycles. The molecule has 0 amide bonds. The maximum absolute atomic E-state index is 10.6. The van der Waals surface area contributed by atoms with Gasteiger partial charge in [-0.25, -0.2) is 9.78 Å². The molecule has 0 aliphatic heterocycles. The molecule has 1 aromatic rings. The monoisotopic (exact) mass is 314 g/mol. The van der Waals surface area contributed by atoms with Gasteiger partial charge in [-0.1, -0.05) is 6.92 Å². The predicted molar refractivity (Wildman–Crippen MR) is 68.6 cm³/mol. The first-order valence-corrected chi connectivity index (χ1v) is 6.57. The van der Waals surface area contributed by atoms with Crippen molar-refractivity contribution in [2.45, 2.75) is 38.1 Å². The summed E-state index contributed by atoms with van der Waals surface area (Å²) in [7, 11) is 1.70. The van der Waals surface area contributed by atoms with Gasteiger partial charge < -0.3 is 15.6 Å². The number of halogens is 3. The van der Waals surface area contributed by atoms with E-state index in [0.717, 1.165) is 17.8 Å². The van der Waals surface area contributed by atoms with Crippen LogP contribution in [-0.4, -0.2) is 41.5 Å². The molecule has 116 valence electrons. The Hall–Kier alpha value is -1.19. The molecule has 0 spiro atoms. The van der Waals surface area contributed by atoms with Crippen LogP contribution in [0.25, 0.3) is 0 Å². The SMILES string of the molecule is CC[C@@H](OC)[C@H](N)Cc1nccs1.O=C(O)C(F)(F)F. The van der Waals surface area contributed by atoms with Gasteiger partial charge in [0.15, 0.2) is 0 Å². The van der Waals surface area contributed by atoms with E-state index in [2.05, 4.69) is 11.9 Å². The third-order valence-corrected chi connectivity index (χ3v) is 3.12. The minimum atomic E-state index is -5.08. The molecule has 0 bridgehead atoms. The van der Waals surface area contributed by atoms with Crippen molar-refractivity contribution in [1.29, 1.82) is 0 Å². The smallest absolute Gasteiger partial charge is 0.475 e. The number of carbonyl (C=O) groups is 1. The van der Waals surface area contributed by atoms with Crippen molar-refractivity contribution in [3.63, 3.8) is 0 Å². The van der Waals surface area contributed by atoms with E-state index in [1.54, 1.807) is 24.6 Å². The Morgan fingerprint density at radius 1 is 1.60 bits per heavy atom. The number of nitrogens with zero attached hydrogens (tertiary/aromatic N) is 1. The van der Waals surface area contributed by atoms with E-state index in [9.17, 15) is 13.2 Å². The van der Waals surface area contributed by atoms with Gasteiger partial charge >= 0.3 is 12.1 Å². The molecule has 2 atom stereocenters. The van der Waals surface area contributed by atoms with E-state index in [-0.39, 0.29) is 12.1 Å². The zero-order valence-corrected chi connectivity index (χ0v) is 11.9. The van der Waals surface area contributed by atoms with Crippen LogP contribution in [0.5, 0.6) is 0 Å². The van der Waals surface area contributed by atoms with Crippen molar-refractivity contribution in [2.24, 2.45) is 5.73 Å². The summed E-state index contributed by atoms with van der Waals surface area (Å²) < 4.78 is 37.0. The molecule has 0 unspecified atom stereocenters. The number of carboxylic acid groups (broad SMARTS) is 1. The average Bonchev–Trinajstić information content (AvgIpc) is 2.83. The number of carboxylic acids is 1. The van der Waals surface area contributed by atoms with Gasteiger partial charge in [0.25, 0.3) is 0 Å². The number of aromatic nitrogens is 1. The van der Waals surface area contributed by atoms with Crippen LogP contribution in [0.3, 0.4) is 0 Å². The number of nitrogens with two attached hydrogens (primary N) is 1. The lowest BCUT2D eigenvalue weighted by molar-refractivity contribution is -0.192.